The van der Waals surface area contributed by atoms with Gasteiger partial charge >= 0.3 is 5.69 Å². The van der Waals surface area contributed by atoms with Gasteiger partial charge in [0.15, 0.2) is 17.0 Å². The van der Waals surface area contributed by atoms with Crippen molar-refractivity contribution >= 4 is 52.9 Å². The molecular formula is C14H19N12O4S2+. The van der Waals surface area contributed by atoms with Crippen LogP contribution in [0.4, 0.5) is 5.82 Å². The van der Waals surface area contributed by atoms with Crippen LogP contribution in [0.5, 0.6) is 0 Å². The Hall–Kier alpha value is -3.89. The second-order valence-corrected chi connectivity index (χ2v) is 6.87. The Morgan fingerprint density at radius 3 is 2.44 bits per heavy atom. The molecule has 3 heterocycles. The summed E-state index contributed by atoms with van der Waals surface area (Å²) in [6.07, 6.45) is 7.64. The number of isocyanates is 1. The second-order valence-electron chi connectivity index (χ2n) is 5.20. The van der Waals surface area contributed by atoms with Gasteiger partial charge in [-0.3, -0.25) is 9.59 Å². The molecule has 0 atom stereocenters. The van der Waals surface area contributed by atoms with Gasteiger partial charge in [-0.15, -0.1) is 28.6 Å². The molecule has 170 valence electrons. The lowest BCUT2D eigenvalue weighted by atomic mass is 10.4. The molecule has 0 aliphatic rings. The highest BCUT2D eigenvalue weighted by atomic mass is 32.2. The van der Waals surface area contributed by atoms with E-state index in [2.05, 4.69) is 35.4 Å². The molecule has 0 fully saturated rings. The van der Waals surface area contributed by atoms with Gasteiger partial charge in [-0.2, -0.15) is 15.2 Å². The average Bonchev–Trinajstić information content (AvgIpc) is 3.42. The van der Waals surface area contributed by atoms with E-state index in [9.17, 15) is 19.2 Å². The first-order chi connectivity index (χ1) is 15.3. The predicted molar refractivity (Wildman–Crippen MR) is 115 cm³/mol. The zero-order chi connectivity index (χ0) is 24.1. The maximum absolute atomic E-state index is 11.8. The molecule has 0 bridgehead atoms. The Kier molecular flexibility index (Phi) is 11.0. The fraction of sp³-hybridized carbons (Fsp3) is 0.286. The van der Waals surface area contributed by atoms with Crippen molar-refractivity contribution in [1.29, 1.82) is 0 Å². The minimum Gasteiger partial charge on any atom is -0.364 e. The lowest BCUT2D eigenvalue weighted by Gasteiger charge is -2.00. The second kappa shape index (κ2) is 13.4. The Morgan fingerprint density at radius 2 is 1.97 bits per heavy atom. The molecule has 3 aromatic heterocycles. The first-order valence-electron chi connectivity index (χ1n) is 8.18. The summed E-state index contributed by atoms with van der Waals surface area (Å²) >= 11 is 2.92. The maximum atomic E-state index is 11.8. The third-order valence-electron chi connectivity index (χ3n) is 3.15. The van der Waals surface area contributed by atoms with Crippen molar-refractivity contribution in [3.63, 3.8) is 0 Å². The van der Waals surface area contributed by atoms with Gasteiger partial charge in [0.2, 0.25) is 11.9 Å². The summed E-state index contributed by atoms with van der Waals surface area (Å²) in [5, 5.41) is 10.6. The number of aromatic amines is 1. The smallest absolute Gasteiger partial charge is 0.353 e. The average molecular weight is 484 g/mol. The molecule has 2 amide bonds. The number of amides is 2. The lowest BCUT2D eigenvalue weighted by Crippen LogP contribution is -2.29. The Labute approximate surface area is 187 Å². The Morgan fingerprint density at radius 1 is 1.25 bits per heavy atom. The fourth-order valence-electron chi connectivity index (χ4n) is 1.87. The molecule has 32 heavy (non-hydrogen) atoms. The molecule has 0 aliphatic carbocycles. The first-order valence-corrected chi connectivity index (χ1v) is 11.0. The normalized spacial score (nSPS) is 9.56. The van der Waals surface area contributed by atoms with Crippen molar-refractivity contribution in [3.8, 4) is 0 Å². The number of aliphatic imine (C=N–C) groups is 1. The number of carbonyl (C=O) groups excluding carboxylic acids is 3. The largest absolute Gasteiger partial charge is 0.364 e. The van der Waals surface area contributed by atoms with Crippen molar-refractivity contribution in [2.24, 2.45) is 21.6 Å². The number of hydrogen-bond donors (Lipinski definition) is 4. The molecule has 3 aromatic rings. The van der Waals surface area contributed by atoms with Crippen LogP contribution >= 0.6 is 23.5 Å². The van der Waals surface area contributed by atoms with Crippen LogP contribution in [0.25, 0.3) is 5.65 Å². The van der Waals surface area contributed by atoms with Gasteiger partial charge in [0, 0.05) is 5.11 Å². The van der Waals surface area contributed by atoms with Crippen LogP contribution in [0.3, 0.4) is 0 Å². The van der Waals surface area contributed by atoms with Gasteiger partial charge in [-0.05, 0) is 12.5 Å². The summed E-state index contributed by atoms with van der Waals surface area (Å²) in [5.41, 5.74) is 14.6. The minimum absolute atomic E-state index is 0.0547. The summed E-state index contributed by atoms with van der Waals surface area (Å²) < 4.78 is 2.31. The number of hydrogen-bond acceptors (Lipinski definition) is 12. The summed E-state index contributed by atoms with van der Waals surface area (Å²) in [6, 6.07) is 0. The quantitative estimate of drug-likeness (QED) is 0.159. The monoisotopic (exact) mass is 483 g/mol. The number of rotatable bonds is 7. The molecule has 3 rings (SSSR count). The molecule has 0 saturated carbocycles. The van der Waals surface area contributed by atoms with Crippen molar-refractivity contribution in [3.05, 3.63) is 34.5 Å². The predicted octanol–water partition coefficient (Wildman–Crippen LogP) is -2.30. The van der Waals surface area contributed by atoms with E-state index in [-0.39, 0.29) is 22.9 Å². The number of thioether (sulfide) groups is 2. The number of primary amides is 2. The van der Waals surface area contributed by atoms with E-state index in [1.807, 2.05) is 12.5 Å². The molecule has 7 N–H and O–H groups in total. The third-order valence-corrected chi connectivity index (χ3v) is 4.04. The van der Waals surface area contributed by atoms with E-state index >= 15 is 0 Å². The van der Waals surface area contributed by atoms with E-state index in [0.29, 0.717) is 11.8 Å². The summed E-state index contributed by atoms with van der Waals surface area (Å²) in [6.45, 7) is 0. The molecule has 0 unspecified atom stereocenters. The topological polar surface area (TPSA) is 247 Å². The van der Waals surface area contributed by atoms with E-state index in [1.165, 1.54) is 46.9 Å². The lowest BCUT2D eigenvalue weighted by molar-refractivity contribution is -0.211. The summed E-state index contributed by atoms with van der Waals surface area (Å²) in [7, 11) is 0. The van der Waals surface area contributed by atoms with Crippen molar-refractivity contribution in [2.45, 2.75) is 5.88 Å². The molecule has 0 spiro atoms. The fourth-order valence-corrected chi connectivity index (χ4v) is 2.46. The highest BCUT2D eigenvalue weighted by Gasteiger charge is 2.14. The van der Waals surface area contributed by atoms with Crippen LogP contribution in [0, 0.1) is 0 Å². The number of H-pyrrole nitrogens is 1. The number of fused-ring (bicyclic) bond motifs is 1. The summed E-state index contributed by atoms with van der Waals surface area (Å²) in [4.78, 5) is 55.5. The van der Waals surface area contributed by atoms with Crippen LogP contribution < -0.4 is 22.7 Å². The number of nitrogens with one attached hydrogen (secondary N) is 1. The van der Waals surface area contributed by atoms with Crippen LogP contribution in [0.15, 0.2) is 27.6 Å². The van der Waals surface area contributed by atoms with Crippen LogP contribution in [0.2, 0.25) is 0 Å². The molecule has 18 heteroatoms. The van der Waals surface area contributed by atoms with E-state index in [1.54, 1.807) is 0 Å². The molecule has 0 aromatic carbocycles. The molecule has 0 saturated heterocycles. The number of imidazole rings is 2. The number of carbonyl (C=O) groups is 2. The van der Waals surface area contributed by atoms with Crippen LogP contribution in [-0.4, -0.2) is 70.6 Å². The minimum atomic E-state index is -0.737. The Bertz CT molecular complexity index is 1180. The van der Waals surface area contributed by atoms with Gasteiger partial charge in [-0.1, -0.05) is 5.21 Å². The Balaban J connectivity index is 0.000000273. The van der Waals surface area contributed by atoms with Crippen molar-refractivity contribution in [1.82, 2.24) is 34.3 Å². The highest BCUT2D eigenvalue weighted by Crippen LogP contribution is 2.09. The van der Waals surface area contributed by atoms with Gasteiger partial charge in [0.25, 0.3) is 11.8 Å². The van der Waals surface area contributed by atoms with E-state index in [0.717, 1.165) is 4.40 Å². The van der Waals surface area contributed by atoms with E-state index < -0.39 is 17.5 Å². The SMILES string of the molecule is CSCN=C=O.CSCn1nnc2c(C(N)=O)ncn2c1=O.NC(=O)c1[nH]cnc1N=[NH2+]. The standard InChI is InChI=1S/C7H8N6O2S.C4H5N5O.C3H5NOS/c1-16-3-13-7(15)12-2-9-4(5(8)14)6(12)10-11-13;5-3(10)2-4(9-6)8-1-7-2;1-6-3-4-2-5/h2H,3H2,1H3,(H2,8,14);1,6H,(H2,5,10)(H,7,8);3H2,1H3/p+1. The molecule has 0 aliphatic heterocycles. The number of nitrogens with two attached hydrogens (primary N) is 3. The van der Waals surface area contributed by atoms with Crippen molar-refractivity contribution in [2.75, 3.05) is 18.4 Å². The molecular weight excluding hydrogens is 464 g/mol. The molecule has 16 nitrogen and oxygen atoms in total. The van der Waals surface area contributed by atoms with Crippen molar-refractivity contribution < 1.29 is 19.9 Å². The van der Waals surface area contributed by atoms with E-state index in [4.69, 9.17) is 17.0 Å². The zero-order valence-electron chi connectivity index (χ0n) is 16.8. The highest BCUT2D eigenvalue weighted by molar-refractivity contribution is 7.98. The molecule has 0 radical (unpaired) electrons. The zero-order valence-corrected chi connectivity index (χ0v) is 18.5. The van der Waals surface area contributed by atoms with Gasteiger partial charge < -0.3 is 16.5 Å². The third kappa shape index (κ3) is 7.11. The van der Waals surface area contributed by atoms with Crippen LogP contribution in [-0.2, 0) is 10.7 Å². The number of aromatic nitrogens is 7. The first kappa shape index (κ1) is 26.1. The van der Waals surface area contributed by atoms with Gasteiger partial charge in [0.1, 0.15) is 6.33 Å². The van der Waals surface area contributed by atoms with Crippen LogP contribution in [0.1, 0.15) is 21.0 Å². The maximum Gasteiger partial charge on any atom is 0.353 e. The summed E-state index contributed by atoms with van der Waals surface area (Å²) in [5.74, 6) is -0.317. The van der Waals surface area contributed by atoms with Gasteiger partial charge in [0.05, 0.1) is 18.1 Å². The number of nitrogens with zero attached hydrogens (tertiary/aromatic N) is 8. The van der Waals surface area contributed by atoms with Gasteiger partial charge in [-0.25, -0.2) is 24.0 Å².